The molecule has 0 saturated heterocycles. The molecule has 0 aliphatic heterocycles. The second-order valence-corrected chi connectivity index (χ2v) is 5.79. The molecule has 0 radical (unpaired) electrons. The third kappa shape index (κ3) is 2.78. The van der Waals surface area contributed by atoms with Gasteiger partial charge in [0.2, 0.25) is 0 Å². The van der Waals surface area contributed by atoms with Crippen molar-refractivity contribution in [3.05, 3.63) is 62.6 Å². The lowest BCUT2D eigenvalue weighted by Crippen LogP contribution is -2.04. The third-order valence-corrected chi connectivity index (χ3v) is 4.22. The average Bonchev–Trinajstić information content (AvgIpc) is 2.40. The zero-order valence-electron chi connectivity index (χ0n) is 12.1. The number of carbonyl (C=O) groups excluding carboxylic acids is 1. The molecule has 2 aromatic carbocycles. The van der Waals surface area contributed by atoms with Gasteiger partial charge in [-0.15, -0.1) is 0 Å². The van der Waals surface area contributed by atoms with E-state index < -0.39 is 0 Å². The van der Waals surface area contributed by atoms with E-state index >= 15 is 0 Å². The molecule has 0 N–H and O–H groups in total. The first-order valence-corrected chi connectivity index (χ1v) is 7.19. The molecule has 2 aromatic rings. The standard InChI is InChI=1S/C17H17BrO2/c1-10-5-6-13(9-15(10)18)16(19)14-7-11(2)17(20-4)12(3)8-14/h5-9H,1-4H3. The summed E-state index contributed by atoms with van der Waals surface area (Å²) in [7, 11) is 1.65. The van der Waals surface area contributed by atoms with Crippen molar-refractivity contribution in [2.75, 3.05) is 7.11 Å². The number of methoxy groups -OCH3 is 1. The number of ether oxygens (including phenoxy) is 1. The van der Waals surface area contributed by atoms with E-state index in [1.807, 2.05) is 51.1 Å². The molecule has 0 fully saturated rings. The quantitative estimate of drug-likeness (QED) is 0.767. The van der Waals surface area contributed by atoms with E-state index in [4.69, 9.17) is 4.74 Å². The first-order valence-electron chi connectivity index (χ1n) is 6.40. The van der Waals surface area contributed by atoms with E-state index in [1.165, 1.54) is 0 Å². The van der Waals surface area contributed by atoms with Gasteiger partial charge in [0.1, 0.15) is 5.75 Å². The summed E-state index contributed by atoms with van der Waals surface area (Å²) in [4.78, 5) is 12.6. The summed E-state index contributed by atoms with van der Waals surface area (Å²) in [6.45, 7) is 5.90. The number of carbonyl (C=O) groups is 1. The van der Waals surface area contributed by atoms with Gasteiger partial charge in [-0.2, -0.15) is 0 Å². The smallest absolute Gasteiger partial charge is 0.193 e. The summed E-state index contributed by atoms with van der Waals surface area (Å²) in [5.41, 5.74) is 4.44. The normalized spacial score (nSPS) is 10.4. The summed E-state index contributed by atoms with van der Waals surface area (Å²) < 4.78 is 6.28. The number of hydrogen-bond donors (Lipinski definition) is 0. The Kier molecular flexibility index (Phi) is 4.29. The van der Waals surface area contributed by atoms with Gasteiger partial charge in [0.25, 0.3) is 0 Å². The van der Waals surface area contributed by atoms with E-state index in [1.54, 1.807) is 7.11 Å². The van der Waals surface area contributed by atoms with E-state index in [9.17, 15) is 4.79 Å². The Labute approximate surface area is 127 Å². The van der Waals surface area contributed by atoms with Gasteiger partial charge < -0.3 is 4.74 Å². The molecule has 0 aliphatic carbocycles. The lowest BCUT2D eigenvalue weighted by molar-refractivity contribution is 0.103. The molecular formula is C17H17BrO2. The number of ketones is 1. The van der Waals surface area contributed by atoms with Crippen LogP contribution in [0.15, 0.2) is 34.8 Å². The highest BCUT2D eigenvalue weighted by molar-refractivity contribution is 9.10. The molecule has 0 aliphatic rings. The molecule has 0 heterocycles. The van der Waals surface area contributed by atoms with Crippen LogP contribution < -0.4 is 4.74 Å². The van der Waals surface area contributed by atoms with Crippen molar-refractivity contribution in [3.63, 3.8) is 0 Å². The summed E-state index contributed by atoms with van der Waals surface area (Å²) in [6, 6.07) is 9.42. The van der Waals surface area contributed by atoms with Crippen molar-refractivity contribution >= 4 is 21.7 Å². The zero-order chi connectivity index (χ0) is 14.9. The maximum atomic E-state index is 12.6. The molecule has 0 atom stereocenters. The highest BCUT2D eigenvalue weighted by Crippen LogP contribution is 2.26. The van der Waals surface area contributed by atoms with Crippen LogP contribution in [-0.4, -0.2) is 12.9 Å². The molecule has 0 spiro atoms. The average molecular weight is 333 g/mol. The van der Waals surface area contributed by atoms with Crippen LogP contribution in [0.25, 0.3) is 0 Å². The van der Waals surface area contributed by atoms with Gasteiger partial charge in [-0.1, -0.05) is 28.1 Å². The minimum absolute atomic E-state index is 0.0274. The molecule has 20 heavy (non-hydrogen) atoms. The fourth-order valence-electron chi connectivity index (χ4n) is 2.30. The van der Waals surface area contributed by atoms with Gasteiger partial charge in [0.15, 0.2) is 5.78 Å². The Balaban J connectivity index is 2.45. The molecule has 0 aromatic heterocycles. The van der Waals surface area contributed by atoms with Gasteiger partial charge in [0, 0.05) is 15.6 Å². The van der Waals surface area contributed by atoms with Crippen LogP contribution in [0, 0.1) is 20.8 Å². The Bertz CT molecular complexity index is 652. The van der Waals surface area contributed by atoms with E-state index in [2.05, 4.69) is 15.9 Å². The van der Waals surface area contributed by atoms with Crippen LogP contribution >= 0.6 is 15.9 Å². The molecule has 0 saturated carbocycles. The van der Waals surface area contributed by atoms with Gasteiger partial charge in [0.05, 0.1) is 7.11 Å². The molecule has 0 unspecified atom stereocenters. The number of aryl methyl sites for hydroxylation is 3. The van der Waals surface area contributed by atoms with Crippen molar-refractivity contribution in [1.82, 2.24) is 0 Å². The topological polar surface area (TPSA) is 26.3 Å². The van der Waals surface area contributed by atoms with E-state index in [0.29, 0.717) is 11.1 Å². The molecule has 3 heteroatoms. The van der Waals surface area contributed by atoms with Gasteiger partial charge in [-0.25, -0.2) is 0 Å². The Morgan fingerprint density at radius 3 is 2.05 bits per heavy atom. The van der Waals surface area contributed by atoms with Crippen molar-refractivity contribution in [3.8, 4) is 5.75 Å². The van der Waals surface area contributed by atoms with Crippen molar-refractivity contribution in [2.24, 2.45) is 0 Å². The lowest BCUT2D eigenvalue weighted by Gasteiger charge is -2.11. The van der Waals surface area contributed by atoms with Crippen LogP contribution in [0.1, 0.15) is 32.6 Å². The third-order valence-electron chi connectivity index (χ3n) is 3.36. The SMILES string of the molecule is COc1c(C)cc(C(=O)c2ccc(C)c(Br)c2)cc1C. The minimum atomic E-state index is 0.0274. The van der Waals surface area contributed by atoms with Crippen LogP contribution in [0.3, 0.4) is 0 Å². The first kappa shape index (κ1) is 14.8. The lowest BCUT2D eigenvalue weighted by atomic mass is 9.98. The summed E-state index contributed by atoms with van der Waals surface area (Å²) >= 11 is 3.47. The van der Waals surface area contributed by atoms with Crippen LogP contribution in [0.5, 0.6) is 5.75 Å². The molecule has 0 amide bonds. The largest absolute Gasteiger partial charge is 0.496 e. The van der Waals surface area contributed by atoms with Crippen LogP contribution in [0.4, 0.5) is 0 Å². The Morgan fingerprint density at radius 2 is 1.55 bits per heavy atom. The monoisotopic (exact) mass is 332 g/mol. The second-order valence-electron chi connectivity index (χ2n) is 4.94. The second kappa shape index (κ2) is 5.80. The predicted octanol–water partition coefficient (Wildman–Crippen LogP) is 4.61. The minimum Gasteiger partial charge on any atom is -0.496 e. The van der Waals surface area contributed by atoms with Crippen molar-refractivity contribution < 1.29 is 9.53 Å². The van der Waals surface area contributed by atoms with Gasteiger partial charge in [-0.05, 0) is 55.7 Å². The van der Waals surface area contributed by atoms with Gasteiger partial charge in [-0.3, -0.25) is 4.79 Å². The summed E-state index contributed by atoms with van der Waals surface area (Å²) in [5.74, 6) is 0.867. The number of rotatable bonds is 3. The zero-order valence-corrected chi connectivity index (χ0v) is 13.7. The maximum Gasteiger partial charge on any atom is 0.193 e. The van der Waals surface area contributed by atoms with Gasteiger partial charge >= 0.3 is 0 Å². The van der Waals surface area contributed by atoms with Crippen LogP contribution in [-0.2, 0) is 0 Å². The predicted molar refractivity (Wildman–Crippen MR) is 84.8 cm³/mol. The fraction of sp³-hybridized carbons (Fsp3) is 0.235. The molecule has 2 nitrogen and oxygen atoms in total. The van der Waals surface area contributed by atoms with Crippen molar-refractivity contribution in [1.29, 1.82) is 0 Å². The highest BCUT2D eigenvalue weighted by Gasteiger charge is 2.13. The summed E-state index contributed by atoms with van der Waals surface area (Å²) in [6.07, 6.45) is 0. The molecular weight excluding hydrogens is 316 g/mol. The maximum absolute atomic E-state index is 12.6. The number of hydrogen-bond acceptors (Lipinski definition) is 2. The first-order chi connectivity index (χ1) is 9.43. The highest BCUT2D eigenvalue weighted by atomic mass is 79.9. The number of benzene rings is 2. The van der Waals surface area contributed by atoms with E-state index in [-0.39, 0.29) is 5.78 Å². The van der Waals surface area contributed by atoms with Crippen molar-refractivity contribution in [2.45, 2.75) is 20.8 Å². The fourth-order valence-corrected chi connectivity index (χ4v) is 2.68. The molecule has 104 valence electrons. The summed E-state index contributed by atoms with van der Waals surface area (Å²) in [5, 5.41) is 0. The Hall–Kier alpha value is -1.61. The van der Waals surface area contributed by atoms with Crippen LogP contribution in [0.2, 0.25) is 0 Å². The Morgan fingerprint density at radius 1 is 0.950 bits per heavy atom. The molecule has 2 rings (SSSR count). The molecule has 0 bridgehead atoms. The van der Waals surface area contributed by atoms with E-state index in [0.717, 1.165) is 26.9 Å². The number of halogens is 1.